The van der Waals surface area contributed by atoms with E-state index < -0.39 is 35.0 Å². The van der Waals surface area contributed by atoms with Gasteiger partial charge in [-0.25, -0.2) is 29.3 Å². The highest BCUT2D eigenvalue weighted by Gasteiger charge is 2.51. The van der Waals surface area contributed by atoms with E-state index in [0.717, 1.165) is 37.1 Å². The van der Waals surface area contributed by atoms with Crippen molar-refractivity contribution in [2.45, 2.75) is 104 Å². The predicted octanol–water partition coefficient (Wildman–Crippen LogP) is 5.21. The van der Waals surface area contributed by atoms with Gasteiger partial charge in [-0.1, -0.05) is 64.1 Å². The number of rotatable bonds is 18. The molecule has 0 saturated carbocycles. The molecular formula is C46H70N4O14. The van der Waals surface area contributed by atoms with Crippen molar-refractivity contribution in [3.63, 3.8) is 0 Å². The molecule has 0 spiro atoms. The number of esters is 2. The lowest BCUT2D eigenvalue weighted by Crippen LogP contribution is -2.61. The summed E-state index contributed by atoms with van der Waals surface area (Å²) in [4.78, 5) is 85.3. The molecule has 2 aliphatic heterocycles. The average molecular weight is 903 g/mol. The monoisotopic (exact) mass is 902 g/mol. The molecule has 2 fully saturated rings. The second-order valence-corrected chi connectivity index (χ2v) is 16.5. The van der Waals surface area contributed by atoms with E-state index in [1.54, 1.807) is 14.2 Å². The lowest BCUT2D eigenvalue weighted by molar-refractivity contribution is -0.240. The molecule has 18 heteroatoms. The van der Waals surface area contributed by atoms with Crippen molar-refractivity contribution in [1.82, 2.24) is 19.9 Å². The second-order valence-electron chi connectivity index (χ2n) is 16.5. The van der Waals surface area contributed by atoms with E-state index in [2.05, 4.69) is 37.5 Å². The summed E-state index contributed by atoms with van der Waals surface area (Å²) in [5, 5.41) is 17.2. The predicted molar refractivity (Wildman–Crippen MR) is 236 cm³/mol. The lowest BCUT2D eigenvalue weighted by atomic mass is 9.86. The number of para-hydroxylation sites is 2. The Morgan fingerprint density at radius 1 is 0.578 bits per heavy atom. The van der Waals surface area contributed by atoms with Gasteiger partial charge in [-0.2, -0.15) is 0 Å². The van der Waals surface area contributed by atoms with Crippen molar-refractivity contribution in [2.75, 3.05) is 67.7 Å². The first-order chi connectivity index (χ1) is 30.3. The van der Waals surface area contributed by atoms with Crippen LogP contribution >= 0.6 is 0 Å². The third-order valence-corrected chi connectivity index (χ3v) is 11.2. The summed E-state index contributed by atoms with van der Waals surface area (Å²) in [5.74, 6) is -2.56. The third kappa shape index (κ3) is 16.0. The fourth-order valence-corrected chi connectivity index (χ4v) is 7.48. The van der Waals surface area contributed by atoms with Crippen LogP contribution in [-0.4, -0.2) is 145 Å². The van der Waals surface area contributed by atoms with Gasteiger partial charge in [0, 0.05) is 51.2 Å². The summed E-state index contributed by atoms with van der Waals surface area (Å²) in [5.41, 5.74) is -0.625. The third-order valence-electron chi connectivity index (χ3n) is 11.2. The van der Waals surface area contributed by atoms with Crippen LogP contribution in [0.1, 0.15) is 91.2 Å². The number of benzene rings is 2. The highest BCUT2D eigenvalue weighted by molar-refractivity contribution is 6.27. The number of methoxy groups -OCH3 is 4. The molecule has 0 atom stereocenters. The molecular weight excluding hydrogens is 833 g/mol. The van der Waals surface area contributed by atoms with Crippen molar-refractivity contribution >= 4 is 35.7 Å². The van der Waals surface area contributed by atoms with Crippen LogP contribution in [0, 0.1) is 11.8 Å². The van der Waals surface area contributed by atoms with Gasteiger partial charge in [0.15, 0.2) is 11.1 Å². The number of hydroxylamine groups is 4. The number of likely N-dealkylation sites (tertiary alicyclic amines) is 2. The number of ether oxygens (including phenoxy) is 4. The molecule has 18 nitrogen and oxygen atoms in total. The number of aliphatic carboxylic acids is 2. The Bertz CT molecular complexity index is 1680. The van der Waals surface area contributed by atoms with Gasteiger partial charge in [0.25, 0.3) is 0 Å². The Morgan fingerprint density at radius 2 is 0.891 bits per heavy atom. The van der Waals surface area contributed by atoms with Gasteiger partial charge < -0.3 is 39.0 Å². The molecule has 2 aromatic rings. The number of carbonyl (C=O) groups is 6. The minimum atomic E-state index is -1.82. The molecule has 0 unspecified atom stereocenters. The minimum Gasteiger partial charge on any atom is -0.496 e. The first-order valence-corrected chi connectivity index (χ1v) is 21.5. The summed E-state index contributed by atoms with van der Waals surface area (Å²) in [6.07, 6.45) is 4.11. The number of carboxylic acids is 2. The van der Waals surface area contributed by atoms with Gasteiger partial charge in [-0.05, 0) is 75.6 Å². The number of hydrogen-bond donors (Lipinski definition) is 2. The van der Waals surface area contributed by atoms with E-state index in [1.165, 1.54) is 38.2 Å². The second kappa shape index (κ2) is 27.1. The summed E-state index contributed by atoms with van der Waals surface area (Å²) in [6.45, 7) is 16.7. The topological polar surface area (TPSA) is 211 Å². The zero-order valence-electron chi connectivity index (χ0n) is 39.3. The maximum Gasteiger partial charge on any atom is 0.414 e. The molecule has 2 aliphatic rings. The van der Waals surface area contributed by atoms with Crippen molar-refractivity contribution in [1.29, 1.82) is 0 Å². The fourth-order valence-electron chi connectivity index (χ4n) is 7.48. The Balaban J connectivity index is 0.000000390. The number of carboxylic acid groups (broad SMARTS) is 2. The number of carbonyl (C=O) groups excluding carboxylic acids is 4. The zero-order chi connectivity index (χ0) is 48.0. The van der Waals surface area contributed by atoms with Gasteiger partial charge in [-0.15, -0.1) is 0 Å². The lowest BCUT2D eigenvalue weighted by Gasteiger charge is -2.45. The summed E-state index contributed by atoms with van der Waals surface area (Å²) < 4.78 is 20.9. The molecule has 2 heterocycles. The Labute approximate surface area is 377 Å². The number of nitrogens with zero attached hydrogens (tertiary/aromatic N) is 4. The number of hydrogen-bond acceptors (Lipinski definition) is 14. The average Bonchev–Trinajstić information content (AvgIpc) is 3.28. The van der Waals surface area contributed by atoms with Gasteiger partial charge in [-0.3, -0.25) is 19.3 Å². The van der Waals surface area contributed by atoms with Crippen LogP contribution in [0.15, 0.2) is 48.5 Å². The Morgan fingerprint density at radius 3 is 1.14 bits per heavy atom. The Hall–Kier alpha value is -5.30. The van der Waals surface area contributed by atoms with Crippen LogP contribution in [0.2, 0.25) is 0 Å². The van der Waals surface area contributed by atoms with E-state index in [1.807, 2.05) is 48.5 Å². The van der Waals surface area contributed by atoms with E-state index in [4.69, 9.17) is 48.4 Å². The van der Waals surface area contributed by atoms with Crippen LogP contribution in [0.25, 0.3) is 0 Å². The van der Waals surface area contributed by atoms with E-state index in [0.29, 0.717) is 75.2 Å². The van der Waals surface area contributed by atoms with E-state index in [-0.39, 0.29) is 25.0 Å². The SMILES string of the molecule is COC(=O)C1(N(OCc2ccccc2OC)C(C)=O)CCN(CCC(C)C)CC1.COC(=O)C1(N(OCc2ccccc2OC)C(C)=O)CCN(CCC(C)C)CC1.O=C(O)C(=O)O. The maximum atomic E-state index is 12.8. The summed E-state index contributed by atoms with van der Waals surface area (Å²) >= 11 is 0. The molecule has 0 aliphatic carbocycles. The van der Waals surface area contributed by atoms with Gasteiger partial charge in [0.1, 0.15) is 24.7 Å². The van der Waals surface area contributed by atoms with Crippen LogP contribution in [0.5, 0.6) is 11.5 Å². The standard InChI is InChI=1S/2C22H34N2O5.C2H2O4/c2*1-17(2)10-13-23-14-11-22(12-15-23,21(26)28-5)24(18(3)25)29-16-19-8-6-7-9-20(19)27-4;3-1(4)2(5)6/h2*6-9,17H,10-16H2,1-5H3;(H,3,4)(H,5,6). The van der Waals surface area contributed by atoms with Crippen molar-refractivity contribution in [3.8, 4) is 11.5 Å². The normalized spacial score (nSPS) is 15.6. The van der Waals surface area contributed by atoms with E-state index >= 15 is 0 Å². The zero-order valence-corrected chi connectivity index (χ0v) is 39.3. The van der Waals surface area contributed by atoms with Crippen molar-refractivity contribution < 1.29 is 67.6 Å². The van der Waals surface area contributed by atoms with Crippen LogP contribution in [0.3, 0.4) is 0 Å². The highest BCUT2D eigenvalue weighted by Crippen LogP contribution is 2.34. The molecule has 2 N–H and O–H groups in total. The minimum absolute atomic E-state index is 0.124. The highest BCUT2D eigenvalue weighted by atomic mass is 16.7. The maximum absolute atomic E-state index is 12.8. The van der Waals surface area contributed by atoms with Gasteiger partial charge >= 0.3 is 23.9 Å². The van der Waals surface area contributed by atoms with Gasteiger partial charge in [0.05, 0.1) is 28.4 Å². The quantitative estimate of drug-likeness (QED) is 0.112. The number of piperidine rings is 2. The summed E-state index contributed by atoms with van der Waals surface area (Å²) in [6, 6.07) is 14.9. The van der Waals surface area contributed by atoms with Crippen molar-refractivity contribution in [2.24, 2.45) is 11.8 Å². The largest absolute Gasteiger partial charge is 0.496 e. The van der Waals surface area contributed by atoms with Crippen LogP contribution in [0.4, 0.5) is 0 Å². The molecule has 0 radical (unpaired) electrons. The smallest absolute Gasteiger partial charge is 0.414 e. The molecule has 358 valence electrons. The molecule has 64 heavy (non-hydrogen) atoms. The molecule has 4 rings (SSSR count). The molecule has 0 aromatic heterocycles. The molecule has 2 saturated heterocycles. The van der Waals surface area contributed by atoms with Crippen LogP contribution in [-0.2, 0) is 61.1 Å². The molecule has 2 aromatic carbocycles. The molecule has 2 amide bonds. The first-order valence-electron chi connectivity index (χ1n) is 21.5. The van der Waals surface area contributed by atoms with E-state index in [9.17, 15) is 19.2 Å². The molecule has 0 bridgehead atoms. The Kier molecular flexibility index (Phi) is 23.2. The van der Waals surface area contributed by atoms with Gasteiger partial charge in [0.2, 0.25) is 11.8 Å². The van der Waals surface area contributed by atoms with Crippen LogP contribution < -0.4 is 9.47 Å². The van der Waals surface area contributed by atoms with Crippen molar-refractivity contribution in [3.05, 3.63) is 59.7 Å². The first kappa shape index (κ1) is 54.8. The summed E-state index contributed by atoms with van der Waals surface area (Å²) in [7, 11) is 5.89. The number of amides is 2. The fraction of sp³-hybridized carbons (Fsp3) is 0.609.